The minimum atomic E-state index is 0.0515. The van der Waals surface area contributed by atoms with Gasteiger partial charge in [0.2, 0.25) is 0 Å². The Balaban J connectivity index is 1.42. The SMILES string of the molecule is COc1ccnc(CCc2nc3nc4ccc(-c5ccc(CO)cc5)cc4cc3[nH]2)c1. The molecule has 0 amide bonds. The Morgan fingerprint density at radius 3 is 2.55 bits per heavy atom. The Labute approximate surface area is 179 Å². The molecule has 6 nitrogen and oxygen atoms in total. The summed E-state index contributed by atoms with van der Waals surface area (Å²) >= 11 is 0. The van der Waals surface area contributed by atoms with Gasteiger partial charge in [0.05, 0.1) is 24.8 Å². The van der Waals surface area contributed by atoms with E-state index in [1.165, 1.54) is 0 Å². The van der Waals surface area contributed by atoms with Crippen molar-refractivity contribution in [1.82, 2.24) is 19.9 Å². The quantitative estimate of drug-likeness (QED) is 0.432. The number of aryl methyl sites for hydroxylation is 2. The first-order valence-electron chi connectivity index (χ1n) is 10.2. The second-order valence-corrected chi connectivity index (χ2v) is 7.49. The van der Waals surface area contributed by atoms with Crippen LogP contribution in [0.2, 0.25) is 0 Å². The molecule has 0 bridgehead atoms. The lowest BCUT2D eigenvalue weighted by atomic mass is 10.0. The van der Waals surface area contributed by atoms with E-state index in [1.807, 2.05) is 42.5 Å². The van der Waals surface area contributed by atoms with E-state index in [0.717, 1.165) is 68.9 Å². The number of pyridine rings is 2. The fourth-order valence-electron chi connectivity index (χ4n) is 3.72. The second kappa shape index (κ2) is 8.16. The molecule has 31 heavy (non-hydrogen) atoms. The minimum absolute atomic E-state index is 0.0515. The first kappa shape index (κ1) is 19.2. The topological polar surface area (TPSA) is 83.9 Å². The zero-order valence-electron chi connectivity index (χ0n) is 17.2. The molecule has 154 valence electrons. The molecule has 0 unspecified atom stereocenters. The van der Waals surface area contributed by atoms with Crippen molar-refractivity contribution in [1.29, 1.82) is 0 Å². The van der Waals surface area contributed by atoms with Crippen LogP contribution >= 0.6 is 0 Å². The Kier molecular flexibility index (Phi) is 5.06. The van der Waals surface area contributed by atoms with Crippen molar-refractivity contribution < 1.29 is 9.84 Å². The van der Waals surface area contributed by atoms with E-state index in [-0.39, 0.29) is 6.61 Å². The highest BCUT2D eigenvalue weighted by Gasteiger charge is 2.09. The average Bonchev–Trinajstić information content (AvgIpc) is 3.22. The summed E-state index contributed by atoms with van der Waals surface area (Å²) in [5, 5.41) is 10.3. The zero-order valence-corrected chi connectivity index (χ0v) is 17.2. The summed E-state index contributed by atoms with van der Waals surface area (Å²) in [6.45, 7) is 0.0515. The largest absolute Gasteiger partial charge is 0.497 e. The Hall–Kier alpha value is -3.77. The number of ether oxygens (including phenoxy) is 1. The molecule has 0 saturated carbocycles. The van der Waals surface area contributed by atoms with Crippen molar-refractivity contribution >= 4 is 22.1 Å². The smallest absolute Gasteiger partial charge is 0.178 e. The molecule has 3 heterocycles. The number of hydrogen-bond acceptors (Lipinski definition) is 5. The normalized spacial score (nSPS) is 11.3. The molecule has 0 aliphatic heterocycles. The van der Waals surface area contributed by atoms with Crippen LogP contribution in [0.25, 0.3) is 33.2 Å². The molecule has 0 aliphatic carbocycles. The fraction of sp³-hybridized carbons (Fsp3) is 0.160. The molecule has 2 N–H and O–H groups in total. The molecule has 0 fully saturated rings. The highest BCUT2D eigenvalue weighted by Crippen LogP contribution is 2.26. The van der Waals surface area contributed by atoms with Crippen molar-refractivity contribution in [2.75, 3.05) is 7.11 Å². The summed E-state index contributed by atoms with van der Waals surface area (Å²) in [7, 11) is 1.66. The highest BCUT2D eigenvalue weighted by molar-refractivity contribution is 5.92. The van der Waals surface area contributed by atoms with E-state index in [1.54, 1.807) is 13.3 Å². The number of aromatic nitrogens is 4. The first-order valence-corrected chi connectivity index (χ1v) is 10.2. The number of nitrogens with zero attached hydrogens (tertiary/aromatic N) is 3. The predicted octanol–water partition coefficient (Wildman–Crippen LogP) is 4.46. The molecule has 2 aromatic carbocycles. The summed E-state index contributed by atoms with van der Waals surface area (Å²) < 4.78 is 5.27. The molecular weight excluding hydrogens is 388 g/mol. The number of methoxy groups -OCH3 is 1. The number of benzene rings is 2. The fourth-order valence-corrected chi connectivity index (χ4v) is 3.72. The van der Waals surface area contributed by atoms with E-state index in [9.17, 15) is 5.11 Å². The Morgan fingerprint density at radius 2 is 1.74 bits per heavy atom. The molecule has 0 saturated heterocycles. The van der Waals surface area contributed by atoms with Crippen LogP contribution in [0, 0.1) is 0 Å². The second-order valence-electron chi connectivity index (χ2n) is 7.49. The summed E-state index contributed by atoms with van der Waals surface area (Å²) in [4.78, 5) is 17.2. The number of fused-ring (bicyclic) bond motifs is 2. The number of aliphatic hydroxyl groups excluding tert-OH is 1. The van der Waals surface area contributed by atoms with Gasteiger partial charge in [-0.15, -0.1) is 0 Å². The number of imidazole rings is 1. The molecule has 3 aromatic heterocycles. The van der Waals surface area contributed by atoms with Gasteiger partial charge in [-0.25, -0.2) is 9.97 Å². The van der Waals surface area contributed by atoms with Gasteiger partial charge in [-0.05, 0) is 47.4 Å². The molecule has 0 atom stereocenters. The van der Waals surface area contributed by atoms with Gasteiger partial charge in [-0.3, -0.25) is 4.98 Å². The Bertz CT molecular complexity index is 1360. The third-order valence-corrected chi connectivity index (χ3v) is 5.43. The lowest BCUT2D eigenvalue weighted by molar-refractivity contribution is 0.282. The van der Waals surface area contributed by atoms with E-state index in [4.69, 9.17) is 9.72 Å². The van der Waals surface area contributed by atoms with Crippen molar-refractivity contribution in [3.8, 4) is 16.9 Å². The molecule has 0 aliphatic rings. The van der Waals surface area contributed by atoms with Crippen LogP contribution in [0.15, 0.2) is 66.9 Å². The lowest BCUT2D eigenvalue weighted by Crippen LogP contribution is -1.96. The van der Waals surface area contributed by atoms with Gasteiger partial charge in [0.15, 0.2) is 5.65 Å². The van der Waals surface area contributed by atoms with E-state index in [0.29, 0.717) is 0 Å². The van der Waals surface area contributed by atoms with Crippen molar-refractivity contribution in [3.63, 3.8) is 0 Å². The van der Waals surface area contributed by atoms with Gasteiger partial charge >= 0.3 is 0 Å². The van der Waals surface area contributed by atoms with Crippen molar-refractivity contribution in [2.24, 2.45) is 0 Å². The van der Waals surface area contributed by atoms with Gasteiger partial charge in [0.1, 0.15) is 11.6 Å². The molecule has 0 radical (unpaired) electrons. The molecular formula is C25H22N4O2. The van der Waals surface area contributed by atoms with Crippen LogP contribution in [-0.2, 0) is 19.4 Å². The standard InChI is InChI=1S/C25H22N4O2/c1-31-21-10-11-26-20(14-21)7-9-24-27-23-13-19-12-18(6-8-22(19)28-25(23)29-24)17-4-2-16(15-30)3-5-17/h2-6,8,10-14,30H,7,9,15H2,1H3,(H,27,28,29). The monoisotopic (exact) mass is 410 g/mol. The third-order valence-electron chi connectivity index (χ3n) is 5.43. The maximum Gasteiger partial charge on any atom is 0.178 e. The van der Waals surface area contributed by atoms with E-state index in [2.05, 4.69) is 33.2 Å². The number of rotatable bonds is 6. The van der Waals surface area contributed by atoms with Crippen LogP contribution in [0.5, 0.6) is 5.75 Å². The zero-order chi connectivity index (χ0) is 21.2. The number of aliphatic hydroxyl groups is 1. The molecule has 0 spiro atoms. The summed E-state index contributed by atoms with van der Waals surface area (Å²) in [6, 6.07) is 20.1. The Morgan fingerprint density at radius 1 is 0.903 bits per heavy atom. The average molecular weight is 410 g/mol. The third kappa shape index (κ3) is 3.98. The number of hydrogen-bond donors (Lipinski definition) is 2. The number of nitrogens with one attached hydrogen (secondary N) is 1. The number of H-pyrrole nitrogens is 1. The highest BCUT2D eigenvalue weighted by atomic mass is 16.5. The van der Waals surface area contributed by atoms with Crippen molar-refractivity contribution in [2.45, 2.75) is 19.4 Å². The van der Waals surface area contributed by atoms with Crippen molar-refractivity contribution in [3.05, 3.63) is 83.9 Å². The lowest BCUT2D eigenvalue weighted by Gasteiger charge is -2.05. The van der Waals surface area contributed by atoms with Gasteiger partial charge in [0.25, 0.3) is 0 Å². The van der Waals surface area contributed by atoms with Crippen LogP contribution in [-0.4, -0.2) is 32.2 Å². The van der Waals surface area contributed by atoms with Gasteiger partial charge < -0.3 is 14.8 Å². The number of aromatic amines is 1. The van der Waals surface area contributed by atoms with E-state index < -0.39 is 0 Å². The summed E-state index contributed by atoms with van der Waals surface area (Å²) in [6.07, 6.45) is 3.27. The summed E-state index contributed by atoms with van der Waals surface area (Å²) in [5.74, 6) is 1.70. The first-order chi connectivity index (χ1) is 15.2. The maximum atomic E-state index is 9.24. The van der Waals surface area contributed by atoms with Gasteiger partial charge in [-0.1, -0.05) is 30.3 Å². The minimum Gasteiger partial charge on any atom is -0.497 e. The van der Waals surface area contributed by atoms with Crippen LogP contribution in [0.4, 0.5) is 0 Å². The predicted molar refractivity (Wildman–Crippen MR) is 121 cm³/mol. The van der Waals surface area contributed by atoms with Gasteiger partial charge in [0, 0.05) is 29.8 Å². The van der Waals surface area contributed by atoms with Crippen LogP contribution in [0.3, 0.4) is 0 Å². The van der Waals surface area contributed by atoms with E-state index >= 15 is 0 Å². The van der Waals surface area contributed by atoms with Crippen LogP contribution in [0.1, 0.15) is 17.1 Å². The summed E-state index contributed by atoms with van der Waals surface area (Å²) in [5.41, 5.74) is 6.65. The molecule has 5 aromatic rings. The molecule has 5 rings (SSSR count). The van der Waals surface area contributed by atoms with Crippen LogP contribution < -0.4 is 4.74 Å². The maximum absolute atomic E-state index is 9.24. The van der Waals surface area contributed by atoms with Gasteiger partial charge in [-0.2, -0.15) is 0 Å². The molecule has 6 heteroatoms.